The Morgan fingerprint density at radius 1 is 1.17 bits per heavy atom. The lowest BCUT2D eigenvalue weighted by atomic mass is 9.94. The molecule has 2 aliphatic rings. The summed E-state index contributed by atoms with van der Waals surface area (Å²) in [5.41, 5.74) is 0. The van der Waals surface area contributed by atoms with Gasteiger partial charge >= 0.3 is 0 Å². The van der Waals surface area contributed by atoms with Crippen molar-refractivity contribution >= 4 is 28.3 Å². The molecular formula is C16H32ClN3O3S. The van der Waals surface area contributed by atoms with Crippen LogP contribution in [0.4, 0.5) is 0 Å². The number of unbranched alkanes of at least 4 members (excludes halogenated alkanes) is 1. The average molecular weight is 382 g/mol. The summed E-state index contributed by atoms with van der Waals surface area (Å²) < 4.78 is 26.1. The van der Waals surface area contributed by atoms with Gasteiger partial charge in [-0.05, 0) is 33.1 Å². The number of halogens is 1. The molecule has 0 aromatic carbocycles. The molecule has 24 heavy (non-hydrogen) atoms. The molecule has 0 aromatic rings. The molecule has 0 radical (unpaired) electrons. The predicted molar refractivity (Wildman–Crippen MR) is 98.9 cm³/mol. The van der Waals surface area contributed by atoms with E-state index in [1.165, 1.54) is 0 Å². The summed E-state index contributed by atoms with van der Waals surface area (Å²) in [6.45, 7) is 8.74. The topological polar surface area (TPSA) is 69.7 Å². The second-order valence-corrected chi connectivity index (χ2v) is 8.95. The van der Waals surface area contributed by atoms with Crippen LogP contribution < -0.4 is 5.32 Å². The Bertz CT molecular complexity index is 507. The van der Waals surface area contributed by atoms with Crippen molar-refractivity contribution in [2.45, 2.75) is 58.5 Å². The van der Waals surface area contributed by atoms with Crippen molar-refractivity contribution in [1.82, 2.24) is 14.5 Å². The number of carbonyl (C=O) groups is 1. The van der Waals surface area contributed by atoms with E-state index >= 15 is 0 Å². The van der Waals surface area contributed by atoms with Crippen LogP contribution in [0.15, 0.2) is 0 Å². The van der Waals surface area contributed by atoms with E-state index in [4.69, 9.17) is 0 Å². The number of rotatable bonds is 5. The van der Waals surface area contributed by atoms with E-state index in [-0.39, 0.29) is 36.0 Å². The van der Waals surface area contributed by atoms with Crippen molar-refractivity contribution in [1.29, 1.82) is 0 Å². The first kappa shape index (κ1) is 21.7. The van der Waals surface area contributed by atoms with Gasteiger partial charge in [-0.1, -0.05) is 13.3 Å². The minimum absolute atomic E-state index is 0. The first-order chi connectivity index (χ1) is 10.9. The van der Waals surface area contributed by atoms with Crippen molar-refractivity contribution in [2.75, 3.05) is 31.9 Å². The van der Waals surface area contributed by atoms with Crippen LogP contribution in [0.2, 0.25) is 0 Å². The molecule has 0 spiro atoms. The van der Waals surface area contributed by atoms with E-state index in [0.29, 0.717) is 38.4 Å². The van der Waals surface area contributed by atoms with E-state index < -0.39 is 10.0 Å². The van der Waals surface area contributed by atoms with Crippen molar-refractivity contribution < 1.29 is 13.2 Å². The molecular weight excluding hydrogens is 350 g/mol. The van der Waals surface area contributed by atoms with Gasteiger partial charge in [0, 0.05) is 44.2 Å². The number of piperazine rings is 1. The highest BCUT2D eigenvalue weighted by molar-refractivity contribution is 7.89. The third kappa shape index (κ3) is 5.07. The van der Waals surface area contributed by atoms with Crippen LogP contribution in [0.25, 0.3) is 0 Å². The van der Waals surface area contributed by atoms with Crippen LogP contribution in [0.1, 0.15) is 46.5 Å². The lowest BCUT2D eigenvalue weighted by Crippen LogP contribution is -2.59. The first-order valence-electron chi connectivity index (χ1n) is 8.88. The van der Waals surface area contributed by atoms with Gasteiger partial charge in [-0.2, -0.15) is 0 Å². The molecule has 2 saturated heterocycles. The Hall–Kier alpha value is -0.370. The zero-order chi connectivity index (χ0) is 17.0. The van der Waals surface area contributed by atoms with Gasteiger partial charge in [0.15, 0.2) is 0 Å². The standard InChI is InChI=1S/C16H31N3O3S.ClH/c1-4-5-12-23(21,22)18-9-6-15(7-10-18)16(20)19-11-8-17-13(2)14(19)3;/h13-15,17H,4-12H2,1-3H3;1H. The maximum atomic E-state index is 12.8. The Labute approximate surface area is 152 Å². The zero-order valence-corrected chi connectivity index (χ0v) is 16.7. The largest absolute Gasteiger partial charge is 0.337 e. The maximum Gasteiger partial charge on any atom is 0.226 e. The average Bonchev–Trinajstić information content (AvgIpc) is 2.55. The first-order valence-corrected chi connectivity index (χ1v) is 10.5. The lowest BCUT2D eigenvalue weighted by molar-refractivity contribution is -0.140. The van der Waals surface area contributed by atoms with E-state index in [0.717, 1.165) is 19.5 Å². The van der Waals surface area contributed by atoms with Crippen LogP contribution in [-0.4, -0.2) is 67.5 Å². The molecule has 2 aliphatic heterocycles. The molecule has 2 heterocycles. The van der Waals surface area contributed by atoms with Gasteiger partial charge in [0.2, 0.25) is 15.9 Å². The van der Waals surface area contributed by atoms with Gasteiger partial charge in [-0.25, -0.2) is 12.7 Å². The second-order valence-electron chi connectivity index (χ2n) is 6.86. The molecule has 8 heteroatoms. The molecule has 6 nitrogen and oxygen atoms in total. The van der Waals surface area contributed by atoms with Crippen LogP contribution >= 0.6 is 12.4 Å². The molecule has 1 N–H and O–H groups in total. The van der Waals surface area contributed by atoms with Gasteiger partial charge in [-0.3, -0.25) is 4.79 Å². The fraction of sp³-hybridized carbons (Fsp3) is 0.938. The molecule has 1 amide bonds. The number of sulfonamides is 1. The van der Waals surface area contributed by atoms with Gasteiger partial charge in [0.1, 0.15) is 0 Å². The number of piperidine rings is 1. The Kier molecular flexibility index (Phi) is 8.45. The molecule has 0 saturated carbocycles. The summed E-state index contributed by atoms with van der Waals surface area (Å²) in [5, 5.41) is 3.38. The normalized spacial score (nSPS) is 26.9. The molecule has 2 rings (SSSR count). The fourth-order valence-corrected chi connectivity index (χ4v) is 5.12. The summed E-state index contributed by atoms with van der Waals surface area (Å²) >= 11 is 0. The molecule has 2 fully saturated rings. The third-order valence-corrected chi connectivity index (χ3v) is 7.23. The summed E-state index contributed by atoms with van der Waals surface area (Å²) in [7, 11) is -3.14. The van der Waals surface area contributed by atoms with Gasteiger partial charge in [0.25, 0.3) is 0 Å². The highest BCUT2D eigenvalue weighted by Gasteiger charge is 2.36. The highest BCUT2D eigenvalue weighted by atomic mass is 35.5. The highest BCUT2D eigenvalue weighted by Crippen LogP contribution is 2.24. The van der Waals surface area contributed by atoms with E-state index in [2.05, 4.69) is 19.2 Å². The maximum absolute atomic E-state index is 12.8. The second kappa shape index (κ2) is 9.36. The zero-order valence-electron chi connectivity index (χ0n) is 15.0. The fourth-order valence-electron chi connectivity index (χ4n) is 3.44. The van der Waals surface area contributed by atoms with Crippen molar-refractivity contribution in [2.24, 2.45) is 5.92 Å². The van der Waals surface area contributed by atoms with Crippen LogP contribution in [0, 0.1) is 5.92 Å². The molecule has 2 atom stereocenters. The van der Waals surface area contributed by atoms with Crippen molar-refractivity contribution in [3.8, 4) is 0 Å². The molecule has 0 aromatic heterocycles. The minimum Gasteiger partial charge on any atom is -0.337 e. The summed E-state index contributed by atoms with van der Waals surface area (Å²) in [6, 6.07) is 0.504. The van der Waals surface area contributed by atoms with Gasteiger partial charge in [0.05, 0.1) is 5.75 Å². The van der Waals surface area contributed by atoms with Gasteiger partial charge in [-0.15, -0.1) is 12.4 Å². The minimum atomic E-state index is -3.14. The molecule has 0 bridgehead atoms. The summed E-state index contributed by atoms with van der Waals surface area (Å²) in [6.07, 6.45) is 2.88. The van der Waals surface area contributed by atoms with Crippen LogP contribution in [0.3, 0.4) is 0 Å². The number of amides is 1. The third-order valence-electron chi connectivity index (χ3n) is 5.27. The lowest BCUT2D eigenvalue weighted by Gasteiger charge is -2.41. The SMILES string of the molecule is CCCCS(=O)(=O)N1CCC(C(=O)N2CCNC(C)C2C)CC1.Cl. The summed E-state index contributed by atoms with van der Waals surface area (Å²) in [5.74, 6) is 0.408. The summed E-state index contributed by atoms with van der Waals surface area (Å²) in [4.78, 5) is 14.7. The van der Waals surface area contributed by atoms with Crippen molar-refractivity contribution in [3.63, 3.8) is 0 Å². The van der Waals surface area contributed by atoms with Gasteiger partial charge < -0.3 is 10.2 Å². The van der Waals surface area contributed by atoms with Crippen LogP contribution in [-0.2, 0) is 14.8 Å². The monoisotopic (exact) mass is 381 g/mol. The number of carbonyl (C=O) groups excluding carboxylic acids is 1. The Morgan fingerprint density at radius 3 is 2.38 bits per heavy atom. The molecule has 2 unspecified atom stereocenters. The quantitative estimate of drug-likeness (QED) is 0.782. The molecule has 0 aliphatic carbocycles. The smallest absolute Gasteiger partial charge is 0.226 e. The van der Waals surface area contributed by atoms with Crippen LogP contribution in [0.5, 0.6) is 0 Å². The molecule has 142 valence electrons. The number of nitrogens with zero attached hydrogens (tertiary/aromatic N) is 2. The van der Waals surface area contributed by atoms with E-state index in [9.17, 15) is 13.2 Å². The Morgan fingerprint density at radius 2 is 1.79 bits per heavy atom. The van der Waals surface area contributed by atoms with E-state index in [1.807, 2.05) is 11.8 Å². The number of nitrogens with one attached hydrogen (secondary N) is 1. The van der Waals surface area contributed by atoms with E-state index in [1.54, 1.807) is 4.31 Å². The Balaban J connectivity index is 0.00000288. The van der Waals surface area contributed by atoms with Crippen molar-refractivity contribution in [3.05, 3.63) is 0 Å². The predicted octanol–water partition coefficient (Wildman–Crippen LogP) is 1.46. The number of hydrogen-bond donors (Lipinski definition) is 1. The number of hydrogen-bond acceptors (Lipinski definition) is 4.